The summed E-state index contributed by atoms with van der Waals surface area (Å²) in [6.45, 7) is 4.91. The van der Waals surface area contributed by atoms with E-state index in [2.05, 4.69) is 11.1 Å². The van der Waals surface area contributed by atoms with Crippen molar-refractivity contribution in [2.24, 2.45) is 0 Å². The van der Waals surface area contributed by atoms with Crippen molar-refractivity contribution < 1.29 is 9.47 Å². The number of hydrogen-bond donors (Lipinski definition) is 0. The SMILES string of the molecule is Cc1cc(OC2COC2)c(C#N)c(C)n1. The van der Waals surface area contributed by atoms with Gasteiger partial charge in [0.2, 0.25) is 0 Å². The summed E-state index contributed by atoms with van der Waals surface area (Å²) in [6, 6.07) is 3.91. The van der Waals surface area contributed by atoms with Crippen LogP contribution in [0, 0.1) is 25.2 Å². The van der Waals surface area contributed by atoms with Crippen molar-refractivity contribution in [3.05, 3.63) is 23.0 Å². The van der Waals surface area contributed by atoms with Gasteiger partial charge in [0.05, 0.1) is 18.9 Å². The number of nitrogens with zero attached hydrogens (tertiary/aromatic N) is 2. The predicted octanol–water partition coefficient (Wildman–Crippen LogP) is 1.35. The number of ether oxygens (including phenoxy) is 2. The molecule has 0 aromatic carbocycles. The highest BCUT2D eigenvalue weighted by atomic mass is 16.6. The molecule has 1 aromatic heterocycles. The first-order chi connectivity index (χ1) is 7.20. The maximum atomic E-state index is 8.99. The monoisotopic (exact) mass is 204 g/mol. The van der Waals surface area contributed by atoms with Gasteiger partial charge in [-0.15, -0.1) is 0 Å². The molecular weight excluding hydrogens is 192 g/mol. The van der Waals surface area contributed by atoms with Gasteiger partial charge in [-0.3, -0.25) is 4.98 Å². The van der Waals surface area contributed by atoms with Gasteiger partial charge in [0, 0.05) is 11.8 Å². The molecular formula is C11H12N2O2. The van der Waals surface area contributed by atoms with Gasteiger partial charge in [-0.1, -0.05) is 0 Å². The highest BCUT2D eigenvalue weighted by Gasteiger charge is 2.22. The van der Waals surface area contributed by atoms with Crippen molar-refractivity contribution in [3.8, 4) is 11.8 Å². The Kier molecular flexibility index (Phi) is 2.57. The second-order valence-electron chi connectivity index (χ2n) is 3.61. The predicted molar refractivity (Wildman–Crippen MR) is 53.7 cm³/mol. The fourth-order valence-electron chi connectivity index (χ4n) is 1.48. The average Bonchev–Trinajstić information content (AvgIpc) is 2.10. The van der Waals surface area contributed by atoms with E-state index in [9.17, 15) is 0 Å². The third-order valence-corrected chi connectivity index (χ3v) is 2.31. The fourth-order valence-corrected chi connectivity index (χ4v) is 1.48. The zero-order valence-electron chi connectivity index (χ0n) is 8.78. The first-order valence-electron chi connectivity index (χ1n) is 4.83. The van der Waals surface area contributed by atoms with Crippen LogP contribution >= 0.6 is 0 Å². The van der Waals surface area contributed by atoms with Gasteiger partial charge in [-0.2, -0.15) is 5.26 Å². The number of pyridine rings is 1. The topological polar surface area (TPSA) is 55.1 Å². The summed E-state index contributed by atoms with van der Waals surface area (Å²) in [6.07, 6.45) is 0.0818. The van der Waals surface area contributed by atoms with Gasteiger partial charge in [0.15, 0.2) is 0 Å². The van der Waals surface area contributed by atoms with Crippen molar-refractivity contribution in [2.75, 3.05) is 13.2 Å². The summed E-state index contributed by atoms with van der Waals surface area (Å²) < 4.78 is 10.7. The first-order valence-corrected chi connectivity index (χ1v) is 4.83. The summed E-state index contributed by atoms with van der Waals surface area (Å²) in [5.74, 6) is 0.621. The molecule has 4 heteroatoms. The van der Waals surface area contributed by atoms with Gasteiger partial charge in [0.1, 0.15) is 23.5 Å². The van der Waals surface area contributed by atoms with E-state index >= 15 is 0 Å². The Balaban J connectivity index is 2.31. The third kappa shape index (κ3) is 1.92. The molecule has 0 aliphatic carbocycles. The molecule has 0 atom stereocenters. The van der Waals surface area contributed by atoms with Gasteiger partial charge in [-0.25, -0.2) is 0 Å². The minimum Gasteiger partial charge on any atom is -0.484 e. The van der Waals surface area contributed by atoms with Gasteiger partial charge < -0.3 is 9.47 Å². The van der Waals surface area contributed by atoms with E-state index in [1.165, 1.54) is 0 Å². The summed E-state index contributed by atoms with van der Waals surface area (Å²) in [7, 11) is 0. The smallest absolute Gasteiger partial charge is 0.145 e. The summed E-state index contributed by atoms with van der Waals surface area (Å²) in [4.78, 5) is 4.22. The average molecular weight is 204 g/mol. The molecule has 2 heterocycles. The molecule has 15 heavy (non-hydrogen) atoms. The van der Waals surface area contributed by atoms with E-state index in [1.54, 1.807) is 6.07 Å². The minimum absolute atomic E-state index is 0.0818. The van der Waals surface area contributed by atoms with Crippen LogP contribution in [-0.2, 0) is 4.74 Å². The van der Waals surface area contributed by atoms with Gasteiger partial charge >= 0.3 is 0 Å². The van der Waals surface area contributed by atoms with Crippen molar-refractivity contribution in [1.82, 2.24) is 4.98 Å². The zero-order valence-corrected chi connectivity index (χ0v) is 8.78. The molecule has 1 aliphatic heterocycles. The van der Waals surface area contributed by atoms with Crippen LogP contribution in [-0.4, -0.2) is 24.3 Å². The molecule has 4 nitrogen and oxygen atoms in total. The molecule has 78 valence electrons. The second-order valence-corrected chi connectivity index (χ2v) is 3.61. The fraction of sp³-hybridized carbons (Fsp3) is 0.455. The quantitative estimate of drug-likeness (QED) is 0.729. The van der Waals surface area contributed by atoms with E-state index in [-0.39, 0.29) is 6.10 Å². The van der Waals surface area contributed by atoms with Crippen LogP contribution in [0.5, 0.6) is 5.75 Å². The number of aromatic nitrogens is 1. The number of hydrogen-bond acceptors (Lipinski definition) is 4. The van der Waals surface area contributed by atoms with E-state index < -0.39 is 0 Å². The molecule has 1 saturated heterocycles. The van der Waals surface area contributed by atoms with E-state index in [0.717, 1.165) is 5.69 Å². The second kappa shape index (κ2) is 3.87. The maximum absolute atomic E-state index is 8.99. The van der Waals surface area contributed by atoms with E-state index in [1.807, 2.05) is 13.8 Å². The highest BCUT2D eigenvalue weighted by Crippen LogP contribution is 2.23. The Labute approximate surface area is 88.5 Å². The van der Waals surface area contributed by atoms with Crippen LogP contribution in [0.4, 0.5) is 0 Å². The maximum Gasteiger partial charge on any atom is 0.145 e. The van der Waals surface area contributed by atoms with Crippen molar-refractivity contribution >= 4 is 0 Å². The summed E-state index contributed by atoms with van der Waals surface area (Å²) >= 11 is 0. The minimum atomic E-state index is 0.0818. The van der Waals surface area contributed by atoms with Crippen LogP contribution in [0.3, 0.4) is 0 Å². The molecule has 0 amide bonds. The Morgan fingerprint density at radius 2 is 2.27 bits per heavy atom. The van der Waals surface area contributed by atoms with Crippen LogP contribution in [0.1, 0.15) is 17.0 Å². The van der Waals surface area contributed by atoms with E-state index in [4.69, 9.17) is 14.7 Å². The summed E-state index contributed by atoms with van der Waals surface area (Å²) in [5, 5.41) is 8.99. The molecule has 1 aromatic rings. The lowest BCUT2D eigenvalue weighted by Crippen LogP contribution is -2.38. The number of nitriles is 1. The molecule has 0 radical (unpaired) electrons. The third-order valence-electron chi connectivity index (χ3n) is 2.31. The Morgan fingerprint density at radius 1 is 1.53 bits per heavy atom. The van der Waals surface area contributed by atoms with Crippen LogP contribution in [0.25, 0.3) is 0 Å². The lowest BCUT2D eigenvalue weighted by Gasteiger charge is -2.27. The molecule has 0 N–H and O–H groups in total. The molecule has 0 spiro atoms. The normalized spacial score (nSPS) is 15.5. The molecule has 1 fully saturated rings. The highest BCUT2D eigenvalue weighted by molar-refractivity contribution is 5.46. The molecule has 1 aliphatic rings. The van der Waals surface area contributed by atoms with Crippen molar-refractivity contribution in [3.63, 3.8) is 0 Å². The van der Waals surface area contributed by atoms with E-state index in [0.29, 0.717) is 30.2 Å². The van der Waals surface area contributed by atoms with Crippen LogP contribution in [0.15, 0.2) is 6.07 Å². The van der Waals surface area contributed by atoms with Crippen LogP contribution < -0.4 is 4.74 Å². The van der Waals surface area contributed by atoms with Gasteiger partial charge in [0.25, 0.3) is 0 Å². The van der Waals surface area contributed by atoms with Crippen molar-refractivity contribution in [1.29, 1.82) is 5.26 Å². The standard InChI is InChI=1S/C11H12N2O2/c1-7-3-11(15-9-5-14-6-9)10(4-12)8(2)13-7/h3,9H,5-6H2,1-2H3. The Morgan fingerprint density at radius 3 is 2.80 bits per heavy atom. The molecule has 2 rings (SSSR count). The molecule has 0 unspecified atom stereocenters. The Hall–Kier alpha value is -1.60. The molecule has 0 bridgehead atoms. The van der Waals surface area contributed by atoms with Crippen LogP contribution in [0.2, 0.25) is 0 Å². The first kappa shape index (κ1) is 9.94. The zero-order chi connectivity index (χ0) is 10.8. The number of rotatable bonds is 2. The van der Waals surface area contributed by atoms with Gasteiger partial charge in [-0.05, 0) is 13.8 Å². The summed E-state index contributed by atoms with van der Waals surface area (Å²) in [5.41, 5.74) is 2.10. The van der Waals surface area contributed by atoms with Crippen molar-refractivity contribution in [2.45, 2.75) is 20.0 Å². The largest absolute Gasteiger partial charge is 0.484 e. The molecule has 0 saturated carbocycles. The lowest BCUT2D eigenvalue weighted by atomic mass is 10.2. The Bertz CT molecular complexity index is 419. The number of aryl methyl sites for hydroxylation is 2. The lowest BCUT2D eigenvalue weighted by molar-refractivity contribution is -0.0798.